The molecule has 290 valence electrons. The lowest BCUT2D eigenvalue weighted by atomic mass is 9.89. The van der Waals surface area contributed by atoms with Gasteiger partial charge in [-0.05, 0) is 57.2 Å². The number of nitrogens with zero attached hydrogens (tertiary/aromatic N) is 3. The molecule has 0 aliphatic carbocycles. The van der Waals surface area contributed by atoms with Gasteiger partial charge in [0.25, 0.3) is 0 Å². The van der Waals surface area contributed by atoms with E-state index in [1.165, 1.54) is 0 Å². The molecule has 1 aromatic rings. The average molecular weight is 718 g/mol. The van der Waals surface area contributed by atoms with Crippen LogP contribution in [0.3, 0.4) is 0 Å². The highest BCUT2D eigenvalue weighted by atomic mass is 16.5. The van der Waals surface area contributed by atoms with E-state index in [4.69, 9.17) is 9.47 Å². The fourth-order valence-corrected chi connectivity index (χ4v) is 7.50. The molecular formula is C39H67N5O7. The number of amides is 4. The van der Waals surface area contributed by atoms with Gasteiger partial charge in [-0.25, -0.2) is 0 Å². The summed E-state index contributed by atoms with van der Waals surface area (Å²) in [6.45, 7) is 14.2. The molecule has 51 heavy (non-hydrogen) atoms. The standard InChI is InChI=1S/C39H67N5O7/c1-13-26(6)36(43(10)39(49)34(24(2)3)41-38(48)35(25(4)5)42(8)9)31(51-12)23-33(46)44-21-17-20-29(44)30(50-11)22-32(45)40-27(7)37(47)28-18-15-14-16-19-28/h14-16,18-19,24-27,29-31,34-37,47H,13,17,20-23H2,1-12H3,(H,40,45)(H,41,48)/t26-,27+,29?,30+,31+,34-,35-,36-,37+/m0/s1. The fourth-order valence-electron chi connectivity index (χ4n) is 7.50. The van der Waals surface area contributed by atoms with Crippen LogP contribution in [0.15, 0.2) is 30.3 Å². The highest BCUT2D eigenvalue weighted by molar-refractivity contribution is 5.90. The van der Waals surface area contributed by atoms with Crippen LogP contribution in [-0.2, 0) is 28.7 Å². The number of carbonyl (C=O) groups excluding carboxylic acids is 4. The molecule has 1 fully saturated rings. The molecule has 1 heterocycles. The second-order valence-electron chi connectivity index (χ2n) is 15.2. The normalized spacial score (nSPS) is 19.6. The first-order valence-corrected chi connectivity index (χ1v) is 18.6. The molecule has 0 aromatic heterocycles. The van der Waals surface area contributed by atoms with E-state index in [0.717, 1.165) is 12.8 Å². The predicted molar refractivity (Wildman–Crippen MR) is 200 cm³/mol. The quantitative estimate of drug-likeness (QED) is 0.186. The second kappa shape index (κ2) is 20.8. The molecule has 12 heteroatoms. The number of likely N-dealkylation sites (N-methyl/N-ethyl adjacent to an activating group) is 2. The largest absolute Gasteiger partial charge is 0.386 e. The second-order valence-corrected chi connectivity index (χ2v) is 15.2. The van der Waals surface area contributed by atoms with Crippen molar-refractivity contribution in [1.82, 2.24) is 25.3 Å². The van der Waals surface area contributed by atoms with Crippen LogP contribution in [0, 0.1) is 17.8 Å². The number of aliphatic hydroxyl groups is 1. The molecule has 1 saturated heterocycles. The Kier molecular flexibility index (Phi) is 18.0. The van der Waals surface area contributed by atoms with Gasteiger partial charge >= 0.3 is 0 Å². The van der Waals surface area contributed by atoms with Crippen molar-refractivity contribution in [2.45, 2.75) is 129 Å². The van der Waals surface area contributed by atoms with Crippen molar-refractivity contribution in [3.8, 4) is 0 Å². The van der Waals surface area contributed by atoms with E-state index in [0.29, 0.717) is 18.5 Å². The number of nitrogens with one attached hydrogen (secondary N) is 2. The van der Waals surface area contributed by atoms with E-state index in [1.54, 1.807) is 38.0 Å². The highest BCUT2D eigenvalue weighted by Crippen LogP contribution is 2.28. The molecule has 0 spiro atoms. The van der Waals surface area contributed by atoms with E-state index in [1.807, 2.05) is 90.9 Å². The van der Waals surface area contributed by atoms with Crippen molar-refractivity contribution in [3.63, 3.8) is 0 Å². The van der Waals surface area contributed by atoms with E-state index < -0.39 is 42.5 Å². The molecule has 4 amide bonds. The van der Waals surface area contributed by atoms with Crippen LogP contribution in [-0.4, -0.2) is 128 Å². The number of ether oxygens (including phenoxy) is 2. The number of methoxy groups -OCH3 is 2. The van der Waals surface area contributed by atoms with Crippen LogP contribution in [0.5, 0.6) is 0 Å². The lowest BCUT2D eigenvalue weighted by molar-refractivity contribution is -0.147. The lowest BCUT2D eigenvalue weighted by Crippen LogP contribution is -2.59. The highest BCUT2D eigenvalue weighted by Gasteiger charge is 2.41. The van der Waals surface area contributed by atoms with Gasteiger partial charge in [0.1, 0.15) is 6.04 Å². The molecule has 0 radical (unpaired) electrons. The van der Waals surface area contributed by atoms with Gasteiger partial charge in [0.05, 0.1) is 55.3 Å². The van der Waals surface area contributed by atoms with Gasteiger partial charge in [0, 0.05) is 27.8 Å². The van der Waals surface area contributed by atoms with E-state index in [-0.39, 0.29) is 60.3 Å². The zero-order chi connectivity index (χ0) is 38.6. The van der Waals surface area contributed by atoms with Crippen molar-refractivity contribution in [2.24, 2.45) is 17.8 Å². The Balaban J connectivity index is 2.21. The van der Waals surface area contributed by atoms with Crippen LogP contribution in [0.25, 0.3) is 0 Å². The van der Waals surface area contributed by atoms with Gasteiger partial charge in [-0.15, -0.1) is 0 Å². The first-order chi connectivity index (χ1) is 24.0. The zero-order valence-electron chi connectivity index (χ0n) is 33.2. The molecule has 9 atom stereocenters. The first-order valence-electron chi connectivity index (χ1n) is 18.6. The minimum Gasteiger partial charge on any atom is -0.386 e. The van der Waals surface area contributed by atoms with Crippen LogP contribution in [0.1, 0.15) is 92.2 Å². The van der Waals surface area contributed by atoms with Crippen molar-refractivity contribution >= 4 is 23.6 Å². The number of hydrogen-bond acceptors (Lipinski definition) is 8. The van der Waals surface area contributed by atoms with Gasteiger partial charge in [-0.3, -0.25) is 24.1 Å². The maximum atomic E-state index is 14.2. The van der Waals surface area contributed by atoms with Crippen molar-refractivity contribution in [2.75, 3.05) is 41.9 Å². The Bertz CT molecular complexity index is 1240. The molecule has 1 aromatic carbocycles. The van der Waals surface area contributed by atoms with Crippen LogP contribution in [0.2, 0.25) is 0 Å². The summed E-state index contributed by atoms with van der Waals surface area (Å²) in [7, 11) is 8.55. The summed E-state index contributed by atoms with van der Waals surface area (Å²) in [6.07, 6.45) is 0.257. The SMILES string of the molecule is CC[C@H](C)[C@@H]([C@@H](CC(=O)N1CCCC1[C@@H](CC(=O)N[C@H](C)[C@@H](O)c1ccccc1)OC)OC)N(C)C(=O)[C@@H](NC(=O)[C@H](C(C)C)N(C)C)C(C)C. The number of rotatable bonds is 20. The van der Waals surface area contributed by atoms with E-state index >= 15 is 0 Å². The fraction of sp³-hybridized carbons (Fsp3) is 0.744. The average Bonchev–Trinajstić information content (AvgIpc) is 3.58. The predicted octanol–water partition coefficient (Wildman–Crippen LogP) is 3.63. The lowest BCUT2D eigenvalue weighted by Gasteiger charge is -2.41. The summed E-state index contributed by atoms with van der Waals surface area (Å²) in [5.41, 5.74) is 0.713. The Morgan fingerprint density at radius 2 is 1.55 bits per heavy atom. The summed E-state index contributed by atoms with van der Waals surface area (Å²) in [5.74, 6) is -0.954. The molecule has 1 aliphatic heterocycles. The Hall–Kier alpha value is -3.06. The van der Waals surface area contributed by atoms with Gasteiger partial charge in [0.15, 0.2) is 0 Å². The van der Waals surface area contributed by atoms with Crippen molar-refractivity contribution in [1.29, 1.82) is 0 Å². The molecular weight excluding hydrogens is 650 g/mol. The summed E-state index contributed by atoms with van der Waals surface area (Å²) in [5, 5.41) is 16.7. The monoisotopic (exact) mass is 718 g/mol. The molecule has 0 bridgehead atoms. The molecule has 3 N–H and O–H groups in total. The summed E-state index contributed by atoms with van der Waals surface area (Å²) < 4.78 is 11.8. The number of benzene rings is 1. The van der Waals surface area contributed by atoms with Crippen molar-refractivity contribution < 1.29 is 33.8 Å². The van der Waals surface area contributed by atoms with Crippen molar-refractivity contribution in [3.05, 3.63) is 35.9 Å². The van der Waals surface area contributed by atoms with Crippen LogP contribution >= 0.6 is 0 Å². The number of aliphatic hydroxyl groups excluding tert-OH is 1. The third kappa shape index (κ3) is 12.0. The van der Waals surface area contributed by atoms with E-state index in [9.17, 15) is 24.3 Å². The number of carbonyl (C=O) groups is 4. The molecule has 12 nitrogen and oxygen atoms in total. The number of likely N-dealkylation sites (tertiary alicyclic amines) is 1. The van der Waals surface area contributed by atoms with Gasteiger partial charge in [0.2, 0.25) is 23.6 Å². The Labute approximate surface area is 307 Å². The minimum absolute atomic E-state index is 0.0107. The first kappa shape index (κ1) is 44.1. The van der Waals surface area contributed by atoms with Gasteiger partial charge < -0.3 is 35.0 Å². The number of hydrogen-bond donors (Lipinski definition) is 3. The third-order valence-electron chi connectivity index (χ3n) is 10.5. The van der Waals surface area contributed by atoms with Crippen LogP contribution in [0.4, 0.5) is 0 Å². The maximum absolute atomic E-state index is 14.2. The Morgan fingerprint density at radius 1 is 0.922 bits per heavy atom. The summed E-state index contributed by atoms with van der Waals surface area (Å²) in [4.78, 5) is 60.0. The Morgan fingerprint density at radius 3 is 2.06 bits per heavy atom. The molecule has 2 rings (SSSR count). The smallest absolute Gasteiger partial charge is 0.245 e. The minimum atomic E-state index is -0.864. The van der Waals surface area contributed by atoms with Gasteiger partial charge in [-0.1, -0.05) is 78.3 Å². The molecule has 1 unspecified atom stereocenters. The van der Waals surface area contributed by atoms with E-state index in [2.05, 4.69) is 10.6 Å². The molecule has 0 saturated carbocycles. The third-order valence-corrected chi connectivity index (χ3v) is 10.5. The van der Waals surface area contributed by atoms with Gasteiger partial charge in [-0.2, -0.15) is 0 Å². The van der Waals surface area contributed by atoms with Crippen LogP contribution < -0.4 is 10.6 Å². The summed E-state index contributed by atoms with van der Waals surface area (Å²) in [6, 6.07) is 6.76. The maximum Gasteiger partial charge on any atom is 0.245 e. The topological polar surface area (TPSA) is 141 Å². The summed E-state index contributed by atoms with van der Waals surface area (Å²) >= 11 is 0. The molecule has 1 aliphatic rings. The zero-order valence-corrected chi connectivity index (χ0v) is 33.2.